The van der Waals surface area contributed by atoms with E-state index >= 15 is 0 Å². The highest BCUT2D eigenvalue weighted by molar-refractivity contribution is 6.12. The Bertz CT molecular complexity index is 1110. The number of hydrogen-bond donors (Lipinski definition) is 1. The van der Waals surface area contributed by atoms with Crippen molar-refractivity contribution in [1.29, 1.82) is 0 Å². The molecule has 1 aromatic rings. The molecule has 0 spiro atoms. The van der Waals surface area contributed by atoms with E-state index < -0.39 is 34.5 Å². The van der Waals surface area contributed by atoms with Crippen LogP contribution in [-0.4, -0.2) is 35.9 Å². The number of allylic oxidation sites excluding steroid dienone is 3. The van der Waals surface area contributed by atoms with Gasteiger partial charge in [-0.25, -0.2) is 4.79 Å². The van der Waals surface area contributed by atoms with Crippen molar-refractivity contribution in [2.45, 2.75) is 58.0 Å². The normalized spacial score (nSPS) is 25.0. The van der Waals surface area contributed by atoms with Gasteiger partial charge in [0, 0.05) is 35.0 Å². The first-order valence-electron chi connectivity index (χ1n) is 11.5. The second-order valence-electron chi connectivity index (χ2n) is 9.20. The van der Waals surface area contributed by atoms with Crippen molar-refractivity contribution in [2.24, 2.45) is 11.8 Å². The predicted octanol–water partition coefficient (Wildman–Crippen LogP) is 3.69. The Labute approximate surface area is 197 Å². The van der Waals surface area contributed by atoms with Gasteiger partial charge in [-0.2, -0.15) is 0 Å². The summed E-state index contributed by atoms with van der Waals surface area (Å²) in [5, 5.41) is 14.7. The number of nitrogens with zero attached hydrogens (tertiary/aromatic N) is 1. The number of methoxy groups -OCH3 is 1. The number of benzene rings is 1. The van der Waals surface area contributed by atoms with Crippen molar-refractivity contribution in [3.8, 4) is 0 Å². The number of ether oxygens (including phenoxy) is 2. The van der Waals surface area contributed by atoms with Crippen LogP contribution in [0.15, 0.2) is 46.8 Å². The molecule has 1 saturated carbocycles. The number of hydrogen-bond acceptors (Lipinski definition) is 8. The van der Waals surface area contributed by atoms with Crippen LogP contribution in [0, 0.1) is 22.0 Å². The first-order chi connectivity index (χ1) is 16.2. The zero-order chi connectivity index (χ0) is 24.6. The van der Waals surface area contributed by atoms with Crippen LogP contribution in [0.3, 0.4) is 0 Å². The molecule has 34 heavy (non-hydrogen) atoms. The van der Waals surface area contributed by atoms with Gasteiger partial charge in [-0.3, -0.25) is 19.7 Å². The van der Waals surface area contributed by atoms with Crippen LogP contribution in [-0.2, 0) is 23.9 Å². The third kappa shape index (κ3) is 4.22. The molecule has 3 atom stereocenters. The molecule has 3 aliphatic rings. The fraction of sp³-hybridized carbons (Fsp3) is 0.480. The van der Waals surface area contributed by atoms with Crippen LogP contribution >= 0.6 is 0 Å². The van der Waals surface area contributed by atoms with Crippen molar-refractivity contribution >= 4 is 23.4 Å². The lowest BCUT2D eigenvalue weighted by atomic mass is 9.69. The molecule has 180 valence electrons. The molecule has 9 heteroatoms. The van der Waals surface area contributed by atoms with Gasteiger partial charge < -0.3 is 14.8 Å². The van der Waals surface area contributed by atoms with Gasteiger partial charge in [-0.15, -0.1) is 0 Å². The quantitative estimate of drug-likeness (QED) is 0.300. The van der Waals surface area contributed by atoms with E-state index in [2.05, 4.69) is 5.32 Å². The molecule has 2 aliphatic carbocycles. The minimum Gasteiger partial charge on any atom is -0.468 e. The lowest BCUT2D eigenvalue weighted by molar-refractivity contribution is -0.384. The first-order valence-corrected chi connectivity index (χ1v) is 11.5. The third-order valence-electron chi connectivity index (χ3n) is 6.95. The number of Topliss-reactive ketones (excluding diaryl/α,β-unsaturated/α-hetero) is 1. The Morgan fingerprint density at radius 2 is 1.91 bits per heavy atom. The lowest BCUT2D eigenvalue weighted by Crippen LogP contribution is -2.43. The maximum Gasteiger partial charge on any atom is 0.337 e. The number of carbonyl (C=O) groups is 3. The van der Waals surface area contributed by atoms with Gasteiger partial charge in [0.15, 0.2) is 5.78 Å². The third-order valence-corrected chi connectivity index (χ3v) is 6.95. The van der Waals surface area contributed by atoms with Crippen LogP contribution in [0.5, 0.6) is 0 Å². The largest absolute Gasteiger partial charge is 0.468 e. The van der Waals surface area contributed by atoms with Gasteiger partial charge in [0.25, 0.3) is 5.69 Å². The minimum atomic E-state index is -1.02. The molecule has 1 fully saturated rings. The molecular formula is C25H28N2O7. The zero-order valence-electron chi connectivity index (χ0n) is 19.5. The summed E-state index contributed by atoms with van der Waals surface area (Å²) in [7, 11) is 1.23. The molecule has 1 heterocycles. The van der Waals surface area contributed by atoms with Crippen molar-refractivity contribution < 1.29 is 28.8 Å². The Kier molecular flexibility index (Phi) is 6.54. The molecule has 0 radical (unpaired) electrons. The zero-order valence-corrected chi connectivity index (χ0v) is 19.5. The number of nitro benzene ring substituents is 1. The van der Waals surface area contributed by atoms with E-state index in [1.54, 1.807) is 19.9 Å². The summed E-state index contributed by atoms with van der Waals surface area (Å²) in [4.78, 5) is 50.5. The number of ketones is 1. The Balaban J connectivity index is 1.84. The Morgan fingerprint density at radius 1 is 1.21 bits per heavy atom. The van der Waals surface area contributed by atoms with Crippen LogP contribution in [0.4, 0.5) is 5.69 Å². The monoisotopic (exact) mass is 468 g/mol. The number of carbonyl (C=O) groups excluding carboxylic acids is 3. The average molecular weight is 469 g/mol. The summed E-state index contributed by atoms with van der Waals surface area (Å²) in [5.74, 6) is -3.85. The fourth-order valence-electron chi connectivity index (χ4n) is 5.32. The molecule has 0 saturated heterocycles. The number of nitro groups is 1. The number of dihydropyridines is 1. The van der Waals surface area contributed by atoms with Gasteiger partial charge in [-0.05, 0) is 50.5 Å². The first kappa shape index (κ1) is 23.7. The van der Waals surface area contributed by atoms with Crippen LogP contribution in [0.2, 0.25) is 0 Å². The molecule has 1 aliphatic heterocycles. The van der Waals surface area contributed by atoms with Crippen molar-refractivity contribution in [3.63, 3.8) is 0 Å². The lowest BCUT2D eigenvalue weighted by Gasteiger charge is -2.38. The number of rotatable bonds is 5. The summed E-state index contributed by atoms with van der Waals surface area (Å²) >= 11 is 0. The summed E-state index contributed by atoms with van der Waals surface area (Å²) in [6.45, 7) is 3.54. The smallest absolute Gasteiger partial charge is 0.337 e. The standard InChI is InChI=1S/C25H28N2O7/c1-13-11-18-22(23(28)19(13)24(29)33-3)21(15-7-6-8-16(12-15)27(31)32)20(14(2)26-18)25(30)34-17-9-4-5-10-17/h6-8,12-13,17,19,21,26H,4-5,9-11H2,1-3H3/t13-,19+,21+/m1/s1. The Hall–Kier alpha value is -3.49. The molecule has 1 aromatic carbocycles. The van der Waals surface area contributed by atoms with E-state index in [0.29, 0.717) is 23.4 Å². The molecule has 4 rings (SSSR count). The van der Waals surface area contributed by atoms with Crippen molar-refractivity contribution in [3.05, 3.63) is 62.5 Å². The number of nitrogens with one attached hydrogen (secondary N) is 1. The molecule has 0 amide bonds. The molecule has 0 unspecified atom stereocenters. The average Bonchev–Trinajstić information content (AvgIpc) is 3.30. The summed E-state index contributed by atoms with van der Waals surface area (Å²) in [6, 6.07) is 5.91. The molecular weight excluding hydrogens is 440 g/mol. The van der Waals surface area contributed by atoms with E-state index in [1.807, 2.05) is 0 Å². The highest BCUT2D eigenvalue weighted by atomic mass is 16.6. The minimum absolute atomic E-state index is 0.152. The summed E-state index contributed by atoms with van der Waals surface area (Å²) in [6.07, 6.45) is 3.72. The maximum atomic E-state index is 13.7. The number of esters is 2. The summed E-state index contributed by atoms with van der Waals surface area (Å²) in [5.41, 5.74) is 1.92. The summed E-state index contributed by atoms with van der Waals surface area (Å²) < 4.78 is 10.7. The molecule has 1 N–H and O–H groups in total. The predicted molar refractivity (Wildman–Crippen MR) is 121 cm³/mol. The highest BCUT2D eigenvalue weighted by Crippen LogP contribution is 2.46. The van der Waals surface area contributed by atoms with Crippen molar-refractivity contribution in [2.75, 3.05) is 7.11 Å². The van der Waals surface area contributed by atoms with Gasteiger partial charge in [0.05, 0.1) is 17.6 Å². The number of non-ortho nitro benzene ring substituents is 1. The van der Waals surface area contributed by atoms with E-state index in [1.165, 1.54) is 25.3 Å². The second-order valence-corrected chi connectivity index (χ2v) is 9.20. The second kappa shape index (κ2) is 9.40. The van der Waals surface area contributed by atoms with E-state index in [4.69, 9.17) is 9.47 Å². The molecule has 0 aromatic heterocycles. The highest BCUT2D eigenvalue weighted by Gasteiger charge is 2.47. The van der Waals surface area contributed by atoms with Crippen LogP contribution in [0.25, 0.3) is 0 Å². The van der Waals surface area contributed by atoms with Gasteiger partial charge in [-0.1, -0.05) is 19.1 Å². The van der Waals surface area contributed by atoms with E-state index in [0.717, 1.165) is 25.7 Å². The van der Waals surface area contributed by atoms with E-state index in [9.17, 15) is 24.5 Å². The van der Waals surface area contributed by atoms with Gasteiger partial charge in [0.2, 0.25) is 0 Å². The van der Waals surface area contributed by atoms with E-state index in [-0.39, 0.29) is 28.9 Å². The van der Waals surface area contributed by atoms with Crippen molar-refractivity contribution in [1.82, 2.24) is 5.32 Å². The van der Waals surface area contributed by atoms with Gasteiger partial charge in [0.1, 0.15) is 12.0 Å². The molecule has 0 bridgehead atoms. The SMILES string of the molecule is COC(=O)[C@@H]1C(=O)C2=C(C[C@H]1C)NC(C)=C(C(=O)OC1CCCC1)[C@@H]2c1cccc([N+](=O)[O-])c1. The van der Waals surface area contributed by atoms with Crippen LogP contribution in [0.1, 0.15) is 57.4 Å². The van der Waals surface area contributed by atoms with Gasteiger partial charge >= 0.3 is 11.9 Å². The Morgan fingerprint density at radius 3 is 2.56 bits per heavy atom. The molecule has 9 nitrogen and oxygen atoms in total. The van der Waals surface area contributed by atoms with Crippen LogP contribution < -0.4 is 5.32 Å². The maximum absolute atomic E-state index is 13.7. The topological polar surface area (TPSA) is 125 Å². The fourth-order valence-corrected chi connectivity index (χ4v) is 5.32.